The number of carbonyl (C=O) groups excluding carboxylic acids is 1. The number of amides is 1. The van der Waals surface area contributed by atoms with E-state index in [9.17, 15) is 9.18 Å². The predicted octanol–water partition coefficient (Wildman–Crippen LogP) is 2.07. The molecule has 0 aromatic heterocycles. The maximum absolute atomic E-state index is 13.0. The summed E-state index contributed by atoms with van der Waals surface area (Å²) in [5.74, 6) is -0.474. The molecule has 3 N–H and O–H groups in total. The largest absolute Gasteiger partial charge is 0.330 e. The molecular formula is C15H24FN3O. The van der Waals surface area contributed by atoms with Gasteiger partial charge in [0.1, 0.15) is 5.82 Å². The summed E-state index contributed by atoms with van der Waals surface area (Å²) in [5.41, 5.74) is 6.21. The van der Waals surface area contributed by atoms with Crippen LogP contribution >= 0.6 is 0 Å². The Morgan fingerprint density at radius 2 is 2.15 bits per heavy atom. The van der Waals surface area contributed by atoms with Crippen molar-refractivity contribution in [2.24, 2.45) is 11.1 Å². The first-order valence-corrected chi connectivity index (χ1v) is 6.76. The lowest BCUT2D eigenvalue weighted by atomic mass is 9.93. The Bertz CT molecular complexity index is 448. The van der Waals surface area contributed by atoms with Gasteiger partial charge in [0.15, 0.2) is 0 Å². The van der Waals surface area contributed by atoms with Crippen LogP contribution in [0.5, 0.6) is 0 Å². The predicted molar refractivity (Wildman–Crippen MR) is 80.0 cm³/mol. The van der Waals surface area contributed by atoms with E-state index in [0.717, 1.165) is 6.54 Å². The number of benzene rings is 1. The number of nitrogens with one attached hydrogen (secondary N) is 1. The van der Waals surface area contributed by atoms with Gasteiger partial charge >= 0.3 is 0 Å². The van der Waals surface area contributed by atoms with Crippen LogP contribution < -0.4 is 11.1 Å². The van der Waals surface area contributed by atoms with Crippen LogP contribution in [0.4, 0.5) is 10.1 Å². The van der Waals surface area contributed by atoms with Gasteiger partial charge in [-0.15, -0.1) is 0 Å². The van der Waals surface area contributed by atoms with Crippen LogP contribution in [0.15, 0.2) is 24.3 Å². The first kappa shape index (κ1) is 16.6. The molecule has 0 heterocycles. The first-order valence-electron chi connectivity index (χ1n) is 6.76. The average molecular weight is 281 g/mol. The topological polar surface area (TPSA) is 58.4 Å². The molecule has 0 saturated heterocycles. The van der Waals surface area contributed by atoms with E-state index in [4.69, 9.17) is 5.73 Å². The lowest BCUT2D eigenvalue weighted by molar-refractivity contribution is -0.116. The van der Waals surface area contributed by atoms with Crippen molar-refractivity contribution in [2.45, 2.75) is 20.3 Å². The van der Waals surface area contributed by atoms with Crippen LogP contribution in [-0.2, 0) is 4.79 Å². The Morgan fingerprint density at radius 1 is 1.45 bits per heavy atom. The molecule has 0 saturated carbocycles. The van der Waals surface area contributed by atoms with Crippen LogP contribution in [0, 0.1) is 11.2 Å². The minimum atomic E-state index is -0.357. The van der Waals surface area contributed by atoms with Gasteiger partial charge < -0.3 is 16.0 Å². The van der Waals surface area contributed by atoms with Crippen molar-refractivity contribution in [1.82, 2.24) is 4.90 Å². The van der Waals surface area contributed by atoms with Crippen LogP contribution in [0.2, 0.25) is 0 Å². The Kier molecular flexibility index (Phi) is 6.10. The van der Waals surface area contributed by atoms with Gasteiger partial charge in [0.2, 0.25) is 5.91 Å². The van der Waals surface area contributed by atoms with Gasteiger partial charge in [-0.2, -0.15) is 0 Å². The SMILES string of the molecule is CN(CCC(=O)Nc1cccc(F)c1)CC(C)(C)CN. The van der Waals surface area contributed by atoms with E-state index in [-0.39, 0.29) is 17.1 Å². The minimum absolute atomic E-state index is 0.0355. The third-order valence-corrected chi connectivity index (χ3v) is 3.08. The molecule has 0 radical (unpaired) electrons. The lowest BCUT2D eigenvalue weighted by Gasteiger charge is -2.28. The average Bonchev–Trinajstić information content (AvgIpc) is 2.36. The summed E-state index contributed by atoms with van der Waals surface area (Å²) in [7, 11) is 1.97. The molecular weight excluding hydrogens is 257 g/mol. The number of carbonyl (C=O) groups is 1. The Hall–Kier alpha value is -1.46. The zero-order valence-electron chi connectivity index (χ0n) is 12.4. The van der Waals surface area contributed by atoms with E-state index < -0.39 is 0 Å². The van der Waals surface area contributed by atoms with E-state index >= 15 is 0 Å². The van der Waals surface area contributed by atoms with Crippen molar-refractivity contribution in [3.05, 3.63) is 30.1 Å². The number of anilines is 1. The molecule has 0 unspecified atom stereocenters. The molecule has 1 rings (SSSR count). The fraction of sp³-hybridized carbons (Fsp3) is 0.533. The lowest BCUT2D eigenvalue weighted by Crippen LogP contribution is -2.37. The molecule has 1 amide bonds. The van der Waals surface area contributed by atoms with Crippen LogP contribution in [0.1, 0.15) is 20.3 Å². The maximum Gasteiger partial charge on any atom is 0.225 e. The fourth-order valence-corrected chi connectivity index (χ4v) is 1.96. The molecule has 0 bridgehead atoms. The zero-order valence-corrected chi connectivity index (χ0v) is 12.4. The van der Waals surface area contributed by atoms with E-state index in [1.807, 2.05) is 7.05 Å². The zero-order chi connectivity index (χ0) is 15.2. The molecule has 1 aromatic rings. The van der Waals surface area contributed by atoms with E-state index in [1.165, 1.54) is 12.1 Å². The number of rotatable bonds is 7. The Morgan fingerprint density at radius 3 is 2.75 bits per heavy atom. The smallest absolute Gasteiger partial charge is 0.225 e. The highest BCUT2D eigenvalue weighted by atomic mass is 19.1. The van der Waals surface area contributed by atoms with Gasteiger partial charge in [0.05, 0.1) is 0 Å². The van der Waals surface area contributed by atoms with Gasteiger partial charge in [-0.05, 0) is 37.2 Å². The monoisotopic (exact) mass is 281 g/mol. The molecule has 0 aliphatic carbocycles. The summed E-state index contributed by atoms with van der Waals surface area (Å²) < 4.78 is 13.0. The molecule has 0 spiro atoms. The second-order valence-corrected chi connectivity index (χ2v) is 5.91. The molecule has 0 fully saturated rings. The highest BCUT2D eigenvalue weighted by Crippen LogP contribution is 2.14. The first-order chi connectivity index (χ1) is 9.32. The summed E-state index contributed by atoms with van der Waals surface area (Å²) in [6.07, 6.45) is 0.369. The van der Waals surface area contributed by atoms with Gasteiger partial charge in [0.25, 0.3) is 0 Å². The third kappa shape index (κ3) is 6.12. The molecule has 112 valence electrons. The van der Waals surface area contributed by atoms with E-state index in [1.54, 1.807) is 12.1 Å². The second kappa shape index (κ2) is 7.36. The molecule has 0 aliphatic rings. The molecule has 1 aromatic carbocycles. The quantitative estimate of drug-likeness (QED) is 0.804. The molecule has 20 heavy (non-hydrogen) atoms. The van der Waals surface area contributed by atoms with Gasteiger partial charge in [-0.3, -0.25) is 4.79 Å². The van der Waals surface area contributed by atoms with Crippen LogP contribution in [0.3, 0.4) is 0 Å². The van der Waals surface area contributed by atoms with E-state index in [2.05, 4.69) is 24.1 Å². The highest BCUT2D eigenvalue weighted by Gasteiger charge is 2.18. The van der Waals surface area contributed by atoms with Crippen molar-refractivity contribution in [3.63, 3.8) is 0 Å². The van der Waals surface area contributed by atoms with Crippen molar-refractivity contribution in [3.8, 4) is 0 Å². The van der Waals surface area contributed by atoms with Crippen molar-refractivity contribution >= 4 is 11.6 Å². The van der Waals surface area contributed by atoms with Crippen molar-refractivity contribution in [1.29, 1.82) is 0 Å². The molecule has 5 heteroatoms. The van der Waals surface area contributed by atoms with Crippen LogP contribution in [-0.4, -0.2) is 37.5 Å². The Balaban J connectivity index is 2.36. The normalized spacial score (nSPS) is 11.7. The standard InChI is InChI=1S/C15H24FN3O/c1-15(2,10-17)11-19(3)8-7-14(20)18-13-6-4-5-12(16)9-13/h4-6,9H,7-8,10-11,17H2,1-3H3,(H,18,20). The molecule has 4 nitrogen and oxygen atoms in total. The van der Waals surface area contributed by atoms with Gasteiger partial charge in [-0.25, -0.2) is 4.39 Å². The Labute approximate surface area is 120 Å². The third-order valence-electron chi connectivity index (χ3n) is 3.08. The van der Waals surface area contributed by atoms with Crippen molar-refractivity contribution < 1.29 is 9.18 Å². The van der Waals surface area contributed by atoms with E-state index in [0.29, 0.717) is 25.2 Å². The summed E-state index contributed by atoms with van der Waals surface area (Å²) in [6.45, 7) is 6.26. The molecule has 0 atom stereocenters. The molecule has 0 aliphatic heterocycles. The maximum atomic E-state index is 13.0. The summed E-state index contributed by atoms with van der Waals surface area (Å²) in [6, 6.07) is 5.89. The summed E-state index contributed by atoms with van der Waals surface area (Å²) in [5, 5.41) is 2.68. The minimum Gasteiger partial charge on any atom is -0.330 e. The van der Waals surface area contributed by atoms with Gasteiger partial charge in [-0.1, -0.05) is 19.9 Å². The highest BCUT2D eigenvalue weighted by molar-refractivity contribution is 5.90. The number of halogens is 1. The summed E-state index contributed by atoms with van der Waals surface area (Å²) in [4.78, 5) is 13.9. The fourth-order valence-electron chi connectivity index (χ4n) is 1.96. The number of nitrogens with zero attached hydrogens (tertiary/aromatic N) is 1. The van der Waals surface area contributed by atoms with Crippen molar-refractivity contribution in [2.75, 3.05) is 32.0 Å². The van der Waals surface area contributed by atoms with Crippen LogP contribution in [0.25, 0.3) is 0 Å². The second-order valence-electron chi connectivity index (χ2n) is 5.91. The summed E-state index contributed by atoms with van der Waals surface area (Å²) >= 11 is 0. The number of nitrogens with two attached hydrogens (primary N) is 1. The number of hydrogen-bond donors (Lipinski definition) is 2. The number of hydrogen-bond acceptors (Lipinski definition) is 3. The van der Waals surface area contributed by atoms with Gasteiger partial charge in [0, 0.05) is 25.2 Å².